The Hall–Kier alpha value is -1.77. The van der Waals surface area contributed by atoms with Crippen LogP contribution in [0.1, 0.15) is 6.42 Å². The molecular weight excluding hydrogens is 286 g/mol. The van der Waals surface area contributed by atoms with Crippen LogP contribution in [0, 0.1) is 0 Å². The van der Waals surface area contributed by atoms with Gasteiger partial charge in [0.1, 0.15) is 19.1 Å². The van der Waals surface area contributed by atoms with Crippen LogP contribution in [-0.4, -0.2) is 76.9 Å². The van der Waals surface area contributed by atoms with Crippen LogP contribution in [0.15, 0.2) is 0 Å². The molecule has 1 fully saturated rings. The molecule has 112 valence electrons. The van der Waals surface area contributed by atoms with Gasteiger partial charge in [0.15, 0.2) is 0 Å². The van der Waals surface area contributed by atoms with Crippen LogP contribution in [-0.2, 0) is 14.4 Å². The highest BCUT2D eigenvalue weighted by Gasteiger charge is 2.35. The normalized spacial score (nSPS) is 16.5. The molecule has 1 rings (SSSR count). The maximum absolute atomic E-state index is 11.7. The Bertz CT molecular complexity index is 428. The van der Waals surface area contributed by atoms with Gasteiger partial charge in [0.05, 0.1) is 0 Å². The molecule has 1 aliphatic rings. The maximum Gasteiger partial charge on any atom is 0.327 e. The van der Waals surface area contributed by atoms with E-state index in [0.29, 0.717) is 5.75 Å². The molecular formula is C11H17N3O5S. The molecule has 0 bridgehead atoms. The second-order valence-electron chi connectivity index (χ2n) is 4.36. The Labute approximate surface area is 120 Å². The van der Waals surface area contributed by atoms with E-state index >= 15 is 0 Å². The molecule has 0 saturated carbocycles. The third-order valence-corrected chi connectivity index (χ3v) is 3.42. The van der Waals surface area contributed by atoms with Crippen LogP contribution in [0.2, 0.25) is 0 Å². The molecule has 9 heteroatoms. The van der Waals surface area contributed by atoms with Gasteiger partial charge in [-0.15, -0.1) is 0 Å². The molecule has 1 unspecified atom stereocenters. The van der Waals surface area contributed by atoms with Crippen LogP contribution < -0.4 is 5.32 Å². The number of imide groups is 1. The van der Waals surface area contributed by atoms with Crippen molar-refractivity contribution < 1.29 is 24.3 Å². The van der Waals surface area contributed by atoms with Gasteiger partial charge in [0, 0.05) is 7.05 Å². The average Bonchev–Trinajstić information content (AvgIpc) is 2.61. The van der Waals surface area contributed by atoms with E-state index in [1.54, 1.807) is 0 Å². The van der Waals surface area contributed by atoms with E-state index < -0.39 is 36.4 Å². The topological polar surface area (TPSA) is 107 Å². The molecule has 0 aliphatic carbocycles. The number of carbonyl (C=O) groups is 4. The van der Waals surface area contributed by atoms with Gasteiger partial charge in [0.25, 0.3) is 5.91 Å². The van der Waals surface area contributed by atoms with E-state index in [1.807, 2.05) is 6.26 Å². The van der Waals surface area contributed by atoms with Crippen molar-refractivity contribution in [2.75, 3.05) is 32.1 Å². The number of carboxylic acids is 1. The summed E-state index contributed by atoms with van der Waals surface area (Å²) in [6, 6.07) is -1.57. The predicted octanol–water partition coefficient (Wildman–Crippen LogP) is -0.797. The van der Waals surface area contributed by atoms with Crippen molar-refractivity contribution in [3.05, 3.63) is 0 Å². The molecule has 0 aromatic carbocycles. The fourth-order valence-corrected chi connectivity index (χ4v) is 2.17. The van der Waals surface area contributed by atoms with Crippen LogP contribution in [0.5, 0.6) is 0 Å². The van der Waals surface area contributed by atoms with Crippen molar-refractivity contribution in [2.24, 2.45) is 0 Å². The third kappa shape index (κ3) is 4.12. The number of nitrogens with one attached hydrogen (secondary N) is 1. The molecule has 0 aromatic rings. The van der Waals surface area contributed by atoms with Crippen molar-refractivity contribution in [2.45, 2.75) is 12.5 Å². The van der Waals surface area contributed by atoms with Gasteiger partial charge in [-0.2, -0.15) is 11.8 Å². The van der Waals surface area contributed by atoms with E-state index in [-0.39, 0.29) is 13.0 Å². The van der Waals surface area contributed by atoms with E-state index in [4.69, 9.17) is 5.11 Å². The molecule has 8 nitrogen and oxygen atoms in total. The van der Waals surface area contributed by atoms with Crippen LogP contribution in [0.25, 0.3) is 0 Å². The van der Waals surface area contributed by atoms with Crippen molar-refractivity contribution >= 4 is 35.6 Å². The highest BCUT2D eigenvalue weighted by atomic mass is 32.2. The first-order valence-electron chi connectivity index (χ1n) is 5.93. The van der Waals surface area contributed by atoms with Crippen molar-refractivity contribution in [1.29, 1.82) is 0 Å². The second-order valence-corrected chi connectivity index (χ2v) is 5.34. The van der Waals surface area contributed by atoms with E-state index in [2.05, 4.69) is 5.32 Å². The molecule has 0 spiro atoms. The molecule has 1 heterocycles. The molecule has 1 saturated heterocycles. The number of thioether (sulfide) groups is 1. The number of nitrogens with zero attached hydrogens (tertiary/aromatic N) is 2. The number of hydrogen-bond acceptors (Lipinski definition) is 5. The summed E-state index contributed by atoms with van der Waals surface area (Å²) in [4.78, 5) is 47.8. The van der Waals surface area contributed by atoms with Crippen molar-refractivity contribution in [3.8, 4) is 0 Å². The lowest BCUT2D eigenvalue weighted by Gasteiger charge is -2.17. The van der Waals surface area contributed by atoms with Gasteiger partial charge in [0.2, 0.25) is 5.91 Å². The zero-order valence-electron chi connectivity index (χ0n) is 11.3. The number of rotatable bonds is 7. The first-order valence-corrected chi connectivity index (χ1v) is 7.32. The zero-order valence-corrected chi connectivity index (χ0v) is 12.1. The summed E-state index contributed by atoms with van der Waals surface area (Å²) in [5, 5.41) is 11.3. The summed E-state index contributed by atoms with van der Waals surface area (Å²) in [7, 11) is 1.46. The lowest BCUT2D eigenvalue weighted by molar-refractivity contribution is -0.142. The standard InChI is InChI=1S/C11H17N3O5S/c1-13-6-9(16)14(11(13)19)5-8(15)12-7(10(17)18)3-4-20-2/h7H,3-6H2,1-2H3,(H,12,15)(H,17,18). The number of likely N-dealkylation sites (N-methyl/N-ethyl adjacent to an activating group) is 1. The Morgan fingerprint density at radius 3 is 2.55 bits per heavy atom. The average molecular weight is 303 g/mol. The lowest BCUT2D eigenvalue weighted by atomic mass is 10.2. The first-order chi connectivity index (χ1) is 9.36. The Balaban J connectivity index is 2.55. The van der Waals surface area contributed by atoms with Crippen molar-refractivity contribution in [3.63, 3.8) is 0 Å². The quantitative estimate of drug-likeness (QED) is 0.596. The lowest BCUT2D eigenvalue weighted by Crippen LogP contribution is -2.47. The Morgan fingerprint density at radius 2 is 2.10 bits per heavy atom. The van der Waals surface area contributed by atoms with Gasteiger partial charge >= 0.3 is 12.0 Å². The zero-order chi connectivity index (χ0) is 15.3. The van der Waals surface area contributed by atoms with Gasteiger partial charge in [-0.05, 0) is 18.4 Å². The number of amides is 4. The summed E-state index contributed by atoms with van der Waals surface area (Å²) in [6.45, 7) is -0.522. The predicted molar refractivity (Wildman–Crippen MR) is 72.3 cm³/mol. The number of carboxylic acid groups (broad SMARTS) is 1. The summed E-state index contributed by atoms with van der Waals surface area (Å²) >= 11 is 1.47. The molecule has 4 amide bonds. The number of carbonyl (C=O) groups excluding carboxylic acids is 3. The molecule has 20 heavy (non-hydrogen) atoms. The maximum atomic E-state index is 11.7. The summed E-state index contributed by atoms with van der Waals surface area (Å²) in [5.74, 6) is -1.68. The van der Waals surface area contributed by atoms with Gasteiger partial charge in [-0.3, -0.25) is 14.5 Å². The minimum atomic E-state index is -1.14. The minimum absolute atomic E-state index is 0.0685. The fraction of sp³-hybridized carbons (Fsp3) is 0.636. The molecule has 1 atom stereocenters. The number of hydrogen-bond donors (Lipinski definition) is 2. The van der Waals surface area contributed by atoms with Crippen molar-refractivity contribution in [1.82, 2.24) is 15.1 Å². The summed E-state index contributed by atoms with van der Waals surface area (Å²) in [5.41, 5.74) is 0. The monoisotopic (exact) mass is 303 g/mol. The van der Waals surface area contributed by atoms with Gasteiger partial charge in [-0.1, -0.05) is 0 Å². The fourth-order valence-electron chi connectivity index (χ4n) is 1.70. The number of aliphatic carboxylic acids is 1. The molecule has 2 N–H and O–H groups in total. The molecule has 0 radical (unpaired) electrons. The Morgan fingerprint density at radius 1 is 1.45 bits per heavy atom. The van der Waals surface area contributed by atoms with E-state index in [0.717, 1.165) is 4.90 Å². The highest BCUT2D eigenvalue weighted by Crippen LogP contribution is 2.07. The van der Waals surface area contributed by atoms with E-state index in [9.17, 15) is 19.2 Å². The molecule has 0 aromatic heterocycles. The third-order valence-electron chi connectivity index (χ3n) is 2.78. The highest BCUT2D eigenvalue weighted by molar-refractivity contribution is 7.98. The minimum Gasteiger partial charge on any atom is -0.480 e. The van der Waals surface area contributed by atoms with Crippen LogP contribution in [0.3, 0.4) is 0 Å². The van der Waals surface area contributed by atoms with E-state index in [1.165, 1.54) is 23.7 Å². The summed E-state index contributed by atoms with van der Waals surface area (Å²) < 4.78 is 0. The van der Waals surface area contributed by atoms with Gasteiger partial charge in [-0.25, -0.2) is 9.59 Å². The Kier molecular flexibility index (Phi) is 5.81. The van der Waals surface area contributed by atoms with Crippen LogP contribution >= 0.6 is 11.8 Å². The largest absolute Gasteiger partial charge is 0.480 e. The summed E-state index contributed by atoms with van der Waals surface area (Å²) in [6.07, 6.45) is 2.11. The second kappa shape index (κ2) is 7.13. The van der Waals surface area contributed by atoms with Crippen LogP contribution in [0.4, 0.5) is 4.79 Å². The van der Waals surface area contributed by atoms with Gasteiger partial charge < -0.3 is 15.3 Å². The molecule has 1 aliphatic heterocycles. The smallest absolute Gasteiger partial charge is 0.327 e. The first kappa shape index (κ1) is 16.3. The SMILES string of the molecule is CSCCC(NC(=O)CN1C(=O)CN(C)C1=O)C(=O)O. The number of urea groups is 1.